The van der Waals surface area contributed by atoms with Crippen molar-refractivity contribution in [2.24, 2.45) is 5.89 Å². The molecule has 1 N–H and O–H groups in total. The molecule has 1 aliphatic carbocycles. The summed E-state index contributed by atoms with van der Waals surface area (Å²) in [6.07, 6.45) is -21.0. The Labute approximate surface area is 187 Å². The van der Waals surface area contributed by atoms with Gasteiger partial charge in [-0.25, -0.2) is 4.79 Å². The van der Waals surface area contributed by atoms with Gasteiger partial charge in [-0.05, 0) is 31.4 Å². The van der Waals surface area contributed by atoms with Crippen LogP contribution >= 0.6 is 0 Å². The Bertz CT molecular complexity index is 1350. The molecule has 1 aromatic rings. The van der Waals surface area contributed by atoms with Crippen molar-refractivity contribution in [3.63, 3.8) is 0 Å². The average molecular weight is 379 g/mol. The molecule has 1 fully saturated rings. The van der Waals surface area contributed by atoms with Crippen LogP contribution in [0.1, 0.15) is 79.9 Å². The molecule has 4 heteroatoms. The van der Waals surface area contributed by atoms with E-state index in [1.807, 2.05) is 0 Å². The van der Waals surface area contributed by atoms with Crippen molar-refractivity contribution in [1.82, 2.24) is 4.90 Å². The summed E-state index contributed by atoms with van der Waals surface area (Å²) in [5.41, 5.74) is -5.14. The summed E-state index contributed by atoms with van der Waals surface area (Å²) in [6.45, 7) is -15.2. The fourth-order valence-electron chi connectivity index (χ4n) is 1.89. The summed E-state index contributed by atoms with van der Waals surface area (Å²) >= 11 is 0. The maximum atomic E-state index is 13.8. The predicted octanol–water partition coefficient (Wildman–Crippen LogP) is 3.34. The van der Waals surface area contributed by atoms with Crippen molar-refractivity contribution in [1.29, 1.82) is 0 Å². The summed E-state index contributed by atoms with van der Waals surface area (Å²) < 4.78 is 173. The standard InChI is InChI=1S/C22H31NO3/c1-3-23(4-2)17-11-12-18-26-21(24)22(25,19-13-7-5-8-14-19)20-15-9-6-10-16-20/h5,7-8,13-14,20,25H,3-4,6,9-10,15-18H2,1-2H3/i1D3,2D3,6D2,9D2,10D2,15D2,16D2,17D2,18D2,20D. The third-order valence-electron chi connectivity index (χ3n) is 3.20. The van der Waals surface area contributed by atoms with Crippen LogP contribution < -0.4 is 0 Å². The summed E-state index contributed by atoms with van der Waals surface area (Å²) in [5.74, 6) is -3.77. The van der Waals surface area contributed by atoms with E-state index in [0.717, 1.165) is 24.3 Å². The van der Waals surface area contributed by atoms with E-state index in [1.165, 1.54) is 12.0 Å². The number of benzene rings is 1. The molecule has 1 saturated carbocycles. The molecule has 26 heavy (non-hydrogen) atoms. The van der Waals surface area contributed by atoms with Crippen molar-refractivity contribution < 1.29 is 43.4 Å². The number of ether oxygens (including phenoxy) is 1. The molecule has 0 aromatic heterocycles. The summed E-state index contributed by atoms with van der Waals surface area (Å²) in [7, 11) is 0. The molecule has 1 unspecified atom stereocenters. The van der Waals surface area contributed by atoms with Crippen LogP contribution in [0.5, 0.6) is 0 Å². The number of esters is 1. The van der Waals surface area contributed by atoms with E-state index in [1.54, 1.807) is 5.92 Å². The zero-order valence-corrected chi connectivity index (χ0v) is 13.5. The van der Waals surface area contributed by atoms with Gasteiger partial charge in [-0.3, -0.25) is 4.90 Å². The van der Waals surface area contributed by atoms with Crippen LogP contribution in [-0.4, -0.2) is 42.1 Å². The van der Waals surface area contributed by atoms with Crippen molar-refractivity contribution >= 4 is 5.97 Å². The van der Waals surface area contributed by atoms with Gasteiger partial charge in [0.15, 0.2) is 12.2 Å². The number of carbonyl (C=O) groups is 1. The van der Waals surface area contributed by atoms with Gasteiger partial charge in [-0.15, -0.1) is 0 Å². The first kappa shape index (κ1) is 6.09. The molecule has 0 heterocycles. The van der Waals surface area contributed by atoms with Crippen molar-refractivity contribution in [2.75, 3.05) is 26.1 Å². The van der Waals surface area contributed by atoms with Crippen LogP contribution in [0.4, 0.5) is 0 Å². The number of carbonyl (C=O) groups excluding carboxylic acids is 1. The van der Waals surface area contributed by atoms with E-state index < -0.39 is 94.7 Å². The first-order valence-electron chi connectivity index (χ1n) is 17.8. The molecule has 0 aliphatic heterocycles. The SMILES string of the molecule is [2H]C([2H])([2H])CN(CC([2H])([2H])[2H])C([2H])([2H])C#CC([2H])([2H])OC(=O)C(O)(c1ccccc1)C1([2H])C([2H])([2H])C([2H])([2H])C([2H])([2H])C([2H])([2H])C1([2H])[2H]. The molecule has 1 atom stereocenters. The van der Waals surface area contributed by atoms with Gasteiger partial charge in [0.05, 0.1) is 12.0 Å². The monoisotopic (exact) mass is 378 g/mol. The van der Waals surface area contributed by atoms with Gasteiger partial charge in [-0.2, -0.15) is 0 Å². The molecule has 4 nitrogen and oxygen atoms in total. The molecule has 1 aromatic carbocycles. The summed E-state index contributed by atoms with van der Waals surface area (Å²) in [6, 6.07) is 4.99. The molecule has 0 saturated heterocycles. The van der Waals surface area contributed by atoms with E-state index in [2.05, 4.69) is 4.74 Å². The Morgan fingerprint density at radius 3 is 2.69 bits per heavy atom. The second-order valence-electron chi connectivity index (χ2n) is 4.79. The van der Waals surface area contributed by atoms with Crippen molar-refractivity contribution in [2.45, 2.75) is 51.2 Å². The molecular weight excluding hydrogens is 326 g/mol. The third-order valence-corrected chi connectivity index (χ3v) is 3.20. The van der Waals surface area contributed by atoms with Crippen LogP contribution in [0, 0.1) is 17.7 Å². The second-order valence-corrected chi connectivity index (χ2v) is 4.79. The first-order valence-corrected chi connectivity index (χ1v) is 7.31. The van der Waals surface area contributed by atoms with Gasteiger partial charge >= 0.3 is 5.97 Å². The molecule has 142 valence electrons. The smallest absolute Gasteiger partial charge is 0.344 e. The third kappa shape index (κ3) is 5.09. The summed E-state index contributed by atoms with van der Waals surface area (Å²) in [5, 5.41) is 12.0. The lowest BCUT2D eigenvalue weighted by Crippen LogP contribution is -2.45. The minimum Gasteiger partial charge on any atom is -0.450 e. The molecule has 0 spiro atoms. The molecule has 2 rings (SSSR count). The van der Waals surface area contributed by atoms with Gasteiger partial charge in [0.1, 0.15) is 0 Å². The fourth-order valence-corrected chi connectivity index (χ4v) is 1.89. The van der Waals surface area contributed by atoms with Gasteiger partial charge in [0, 0.05) is 29.2 Å². The van der Waals surface area contributed by atoms with Crippen LogP contribution in [0.2, 0.25) is 0 Å². The highest BCUT2D eigenvalue weighted by Gasteiger charge is 2.46. The minimum absolute atomic E-state index is 0.236. The van der Waals surface area contributed by atoms with E-state index in [9.17, 15) is 9.90 Å². The van der Waals surface area contributed by atoms with E-state index in [0.29, 0.717) is 0 Å². The highest BCUT2D eigenvalue weighted by Crippen LogP contribution is 2.40. The molecule has 0 radical (unpaired) electrons. The lowest BCUT2D eigenvalue weighted by molar-refractivity contribution is -0.174. The Balaban J connectivity index is 2.81. The first-order chi connectivity index (χ1) is 20.5. The zero-order chi connectivity index (χ0) is 37.3. The maximum Gasteiger partial charge on any atom is 0.344 e. The highest BCUT2D eigenvalue weighted by atomic mass is 16.5. The average Bonchev–Trinajstić information content (AvgIpc) is 2.88. The van der Waals surface area contributed by atoms with Gasteiger partial charge in [0.25, 0.3) is 0 Å². The molecule has 1 aliphatic rings. The summed E-state index contributed by atoms with van der Waals surface area (Å²) in [4.78, 5) is 14.0. The Hall–Kier alpha value is -1.83. The lowest BCUT2D eigenvalue weighted by Gasteiger charge is -2.36. The quantitative estimate of drug-likeness (QED) is 0.584. The van der Waals surface area contributed by atoms with Crippen LogP contribution in [0.3, 0.4) is 0 Å². The van der Waals surface area contributed by atoms with E-state index in [-0.39, 0.29) is 4.90 Å². The normalized spacial score (nSPS) is 42.2. The van der Waals surface area contributed by atoms with Gasteiger partial charge in [0.2, 0.25) is 0 Å². The predicted molar refractivity (Wildman–Crippen MR) is 103 cm³/mol. The van der Waals surface area contributed by atoms with Crippen LogP contribution in [0.15, 0.2) is 30.3 Å². The van der Waals surface area contributed by atoms with Gasteiger partial charge in [-0.1, -0.05) is 75.0 Å². The Kier molecular flexibility index (Phi) is 2.42. The largest absolute Gasteiger partial charge is 0.450 e. The number of nitrogens with zero attached hydrogens (tertiary/aromatic N) is 1. The topological polar surface area (TPSA) is 49.8 Å². The van der Waals surface area contributed by atoms with Gasteiger partial charge < -0.3 is 9.84 Å². The number of hydrogen-bond donors (Lipinski definition) is 1. The lowest BCUT2D eigenvalue weighted by atomic mass is 9.73. The van der Waals surface area contributed by atoms with Crippen LogP contribution in [0.25, 0.3) is 0 Å². The van der Waals surface area contributed by atoms with Crippen molar-refractivity contribution in [3.8, 4) is 11.8 Å². The minimum atomic E-state index is -4.42. The molecule has 0 bridgehead atoms. The second kappa shape index (κ2) is 10.4. The Morgan fingerprint density at radius 1 is 1.35 bits per heavy atom. The number of rotatable bonds is 7. The molecule has 0 amide bonds. The van der Waals surface area contributed by atoms with Crippen molar-refractivity contribution in [3.05, 3.63) is 35.9 Å². The fraction of sp³-hybridized carbons (Fsp3) is 0.591. The number of aliphatic hydroxyl groups is 1. The maximum absolute atomic E-state index is 13.8. The molecular formula is C22H31NO3. The zero-order valence-electron chi connectivity index (χ0n) is 34.5. The van der Waals surface area contributed by atoms with E-state index in [4.69, 9.17) is 28.8 Å². The highest BCUT2D eigenvalue weighted by molar-refractivity contribution is 5.81. The van der Waals surface area contributed by atoms with Crippen LogP contribution in [-0.2, 0) is 15.1 Å². The number of hydrogen-bond acceptors (Lipinski definition) is 4. The Morgan fingerprint density at radius 2 is 2.04 bits per heavy atom. The van der Waals surface area contributed by atoms with E-state index >= 15 is 0 Å².